The van der Waals surface area contributed by atoms with Crippen molar-refractivity contribution in [2.75, 3.05) is 17.2 Å². The van der Waals surface area contributed by atoms with Crippen LogP contribution in [0.4, 0.5) is 10.8 Å². The van der Waals surface area contributed by atoms with E-state index < -0.39 is 0 Å². The Kier molecular flexibility index (Phi) is 5.53. The lowest BCUT2D eigenvalue weighted by Gasteiger charge is -2.06. The molecule has 1 aliphatic rings. The van der Waals surface area contributed by atoms with E-state index >= 15 is 0 Å². The Morgan fingerprint density at radius 3 is 2.69 bits per heavy atom. The Balaban J connectivity index is 1.40. The van der Waals surface area contributed by atoms with Crippen molar-refractivity contribution in [3.8, 4) is 11.3 Å². The van der Waals surface area contributed by atoms with Crippen LogP contribution in [0.5, 0.6) is 0 Å². The van der Waals surface area contributed by atoms with Crippen molar-refractivity contribution < 1.29 is 9.59 Å². The fourth-order valence-corrected chi connectivity index (χ4v) is 4.08. The van der Waals surface area contributed by atoms with E-state index in [1.165, 1.54) is 35.0 Å². The fourth-order valence-electron chi connectivity index (χ4n) is 3.36. The Bertz CT molecular complexity index is 1070. The van der Waals surface area contributed by atoms with Crippen LogP contribution < -0.4 is 10.6 Å². The number of nitrogens with one attached hydrogen (secondary N) is 2. The number of amides is 1. The molecule has 29 heavy (non-hydrogen) atoms. The SMILES string of the molecule is C=CC(=O)CNc1ccc(C(=O)Nc2nc(-c3ccc4c(c3)CCC4)cs2)cc1. The van der Waals surface area contributed by atoms with Crippen LogP contribution in [-0.2, 0) is 17.6 Å². The third-order valence-electron chi connectivity index (χ3n) is 4.96. The molecule has 2 aromatic carbocycles. The zero-order valence-electron chi connectivity index (χ0n) is 15.9. The van der Waals surface area contributed by atoms with Crippen LogP contribution in [0, 0.1) is 0 Å². The number of carbonyl (C=O) groups is 2. The molecule has 0 atom stereocenters. The van der Waals surface area contributed by atoms with Crippen LogP contribution in [0.3, 0.4) is 0 Å². The number of carbonyl (C=O) groups excluding carboxylic acids is 2. The summed E-state index contributed by atoms with van der Waals surface area (Å²) in [5.74, 6) is -0.302. The summed E-state index contributed by atoms with van der Waals surface area (Å²) in [5, 5.41) is 8.39. The minimum Gasteiger partial charge on any atom is -0.378 e. The standard InChI is InChI=1S/C23H21N3O2S/c1-2-20(27)13-24-19-10-8-16(9-11-19)22(28)26-23-25-21(14-29-23)18-7-6-15-4-3-5-17(15)12-18/h2,6-12,14,24H,1,3-5,13H2,(H,25,26,28). The molecule has 0 fully saturated rings. The summed E-state index contributed by atoms with van der Waals surface area (Å²) in [5.41, 5.74) is 6.11. The Morgan fingerprint density at radius 2 is 1.90 bits per heavy atom. The summed E-state index contributed by atoms with van der Waals surface area (Å²) in [7, 11) is 0. The molecular weight excluding hydrogens is 382 g/mol. The highest BCUT2D eigenvalue weighted by Crippen LogP contribution is 2.30. The summed E-state index contributed by atoms with van der Waals surface area (Å²) in [4.78, 5) is 28.4. The third kappa shape index (κ3) is 4.43. The summed E-state index contributed by atoms with van der Waals surface area (Å²) in [6, 6.07) is 13.5. The van der Waals surface area contributed by atoms with E-state index in [9.17, 15) is 9.59 Å². The van der Waals surface area contributed by atoms with E-state index in [2.05, 4.69) is 40.4 Å². The number of aromatic nitrogens is 1. The first-order valence-corrected chi connectivity index (χ1v) is 10.4. The molecule has 3 aromatic rings. The van der Waals surface area contributed by atoms with Crippen molar-refractivity contribution in [2.45, 2.75) is 19.3 Å². The molecule has 1 amide bonds. The van der Waals surface area contributed by atoms with Crippen molar-refractivity contribution in [1.29, 1.82) is 0 Å². The second-order valence-corrected chi connectivity index (χ2v) is 7.79. The largest absolute Gasteiger partial charge is 0.378 e. The molecule has 4 rings (SSSR count). The fraction of sp³-hybridized carbons (Fsp3) is 0.174. The van der Waals surface area contributed by atoms with Gasteiger partial charge in [0.15, 0.2) is 10.9 Å². The van der Waals surface area contributed by atoms with Crippen LogP contribution in [0.25, 0.3) is 11.3 Å². The summed E-state index contributed by atoms with van der Waals surface area (Å²) < 4.78 is 0. The van der Waals surface area contributed by atoms with Gasteiger partial charge in [0.25, 0.3) is 5.91 Å². The molecule has 6 heteroatoms. The molecule has 0 saturated carbocycles. The highest BCUT2D eigenvalue weighted by molar-refractivity contribution is 7.14. The van der Waals surface area contributed by atoms with E-state index in [0.29, 0.717) is 10.7 Å². The number of fused-ring (bicyclic) bond motifs is 1. The van der Waals surface area contributed by atoms with Gasteiger partial charge in [0, 0.05) is 22.2 Å². The molecule has 5 nitrogen and oxygen atoms in total. The minimum absolute atomic E-state index is 0.0882. The molecule has 1 aromatic heterocycles. The van der Waals surface area contributed by atoms with Crippen LogP contribution in [0.15, 0.2) is 60.5 Å². The van der Waals surface area contributed by atoms with Gasteiger partial charge in [-0.25, -0.2) is 4.98 Å². The maximum absolute atomic E-state index is 12.5. The highest BCUT2D eigenvalue weighted by atomic mass is 32.1. The van der Waals surface area contributed by atoms with Gasteiger partial charge in [0.1, 0.15) is 0 Å². The molecule has 0 radical (unpaired) electrons. The molecule has 0 saturated heterocycles. The van der Waals surface area contributed by atoms with Gasteiger partial charge in [0.05, 0.1) is 12.2 Å². The molecule has 2 N–H and O–H groups in total. The first-order valence-electron chi connectivity index (χ1n) is 9.50. The predicted molar refractivity (Wildman–Crippen MR) is 118 cm³/mol. The molecule has 0 unspecified atom stereocenters. The number of benzene rings is 2. The van der Waals surface area contributed by atoms with E-state index in [1.807, 2.05) is 5.38 Å². The van der Waals surface area contributed by atoms with Crippen LogP contribution in [0.1, 0.15) is 27.9 Å². The highest BCUT2D eigenvalue weighted by Gasteiger charge is 2.14. The molecule has 0 spiro atoms. The zero-order valence-corrected chi connectivity index (χ0v) is 16.7. The average molecular weight is 404 g/mol. The van der Waals surface area contributed by atoms with Gasteiger partial charge in [0.2, 0.25) is 0 Å². The molecule has 1 aliphatic carbocycles. The van der Waals surface area contributed by atoms with Gasteiger partial charge < -0.3 is 5.32 Å². The smallest absolute Gasteiger partial charge is 0.257 e. The molecule has 0 aliphatic heterocycles. The first-order chi connectivity index (χ1) is 14.1. The Morgan fingerprint density at radius 1 is 1.10 bits per heavy atom. The van der Waals surface area contributed by atoms with Gasteiger partial charge in [-0.3, -0.25) is 14.9 Å². The van der Waals surface area contributed by atoms with Crippen molar-refractivity contribution in [3.05, 3.63) is 77.2 Å². The van der Waals surface area contributed by atoms with Gasteiger partial charge in [-0.1, -0.05) is 18.7 Å². The number of thiazole rings is 1. The molecule has 0 bridgehead atoms. The molecule has 1 heterocycles. The van der Waals surface area contributed by atoms with Crippen molar-refractivity contribution in [1.82, 2.24) is 4.98 Å². The topological polar surface area (TPSA) is 71.1 Å². The quantitative estimate of drug-likeness (QED) is 0.560. The number of anilines is 2. The number of aryl methyl sites for hydroxylation is 2. The Labute approximate surface area is 173 Å². The van der Waals surface area contributed by atoms with Gasteiger partial charge in [-0.2, -0.15) is 0 Å². The predicted octanol–water partition coefficient (Wildman–Crippen LogP) is 4.72. The van der Waals surface area contributed by atoms with E-state index in [1.54, 1.807) is 24.3 Å². The van der Waals surface area contributed by atoms with Gasteiger partial charge >= 0.3 is 0 Å². The normalized spacial score (nSPS) is 12.3. The van der Waals surface area contributed by atoms with Crippen molar-refractivity contribution in [2.24, 2.45) is 0 Å². The number of rotatable bonds is 7. The lowest BCUT2D eigenvalue weighted by molar-refractivity contribution is -0.113. The van der Waals surface area contributed by atoms with Crippen LogP contribution >= 0.6 is 11.3 Å². The summed E-state index contributed by atoms with van der Waals surface area (Å²) in [6.07, 6.45) is 4.78. The van der Waals surface area contributed by atoms with E-state index in [4.69, 9.17) is 0 Å². The Hall–Kier alpha value is -3.25. The van der Waals surface area contributed by atoms with Crippen molar-refractivity contribution in [3.63, 3.8) is 0 Å². The van der Waals surface area contributed by atoms with E-state index in [-0.39, 0.29) is 18.2 Å². The lowest BCUT2D eigenvalue weighted by atomic mass is 10.1. The maximum atomic E-state index is 12.5. The van der Waals surface area contributed by atoms with Gasteiger partial charge in [-0.05, 0) is 66.8 Å². The van der Waals surface area contributed by atoms with Crippen LogP contribution in [0.2, 0.25) is 0 Å². The second kappa shape index (κ2) is 8.41. The lowest BCUT2D eigenvalue weighted by Crippen LogP contribution is -2.13. The van der Waals surface area contributed by atoms with E-state index in [0.717, 1.165) is 29.8 Å². The second-order valence-electron chi connectivity index (χ2n) is 6.93. The number of hydrogen-bond donors (Lipinski definition) is 2. The summed E-state index contributed by atoms with van der Waals surface area (Å²) in [6.45, 7) is 3.62. The van der Waals surface area contributed by atoms with Gasteiger partial charge in [-0.15, -0.1) is 11.3 Å². The monoisotopic (exact) mass is 403 g/mol. The average Bonchev–Trinajstić information content (AvgIpc) is 3.41. The first kappa shape index (κ1) is 19.1. The molecule has 146 valence electrons. The third-order valence-corrected chi connectivity index (χ3v) is 5.72. The summed E-state index contributed by atoms with van der Waals surface area (Å²) >= 11 is 1.42. The zero-order chi connectivity index (χ0) is 20.2. The minimum atomic E-state index is -0.214. The number of hydrogen-bond acceptors (Lipinski definition) is 5. The molecular formula is C23H21N3O2S. The number of ketones is 1. The number of nitrogens with zero attached hydrogens (tertiary/aromatic N) is 1. The van der Waals surface area contributed by atoms with Crippen LogP contribution in [-0.4, -0.2) is 23.2 Å². The van der Waals surface area contributed by atoms with Crippen molar-refractivity contribution >= 4 is 33.8 Å². The maximum Gasteiger partial charge on any atom is 0.257 e.